The highest BCUT2D eigenvalue weighted by Gasteiger charge is 2.46. The second-order valence-corrected chi connectivity index (χ2v) is 5.38. The summed E-state index contributed by atoms with van der Waals surface area (Å²) in [7, 11) is 1.46. The molecule has 1 saturated heterocycles. The van der Waals surface area contributed by atoms with Gasteiger partial charge in [0.2, 0.25) is 0 Å². The maximum atomic E-state index is 11.7. The molecule has 0 aromatic carbocycles. The lowest BCUT2D eigenvalue weighted by atomic mass is 10.00. The van der Waals surface area contributed by atoms with Crippen molar-refractivity contribution in [3.05, 3.63) is 11.8 Å². The van der Waals surface area contributed by atoms with Crippen LogP contribution in [0.5, 0.6) is 0 Å². The van der Waals surface area contributed by atoms with E-state index >= 15 is 0 Å². The first-order valence-electron chi connectivity index (χ1n) is 6.77. The van der Waals surface area contributed by atoms with Crippen LogP contribution in [-0.4, -0.2) is 37.2 Å². The molecule has 0 spiro atoms. The zero-order valence-corrected chi connectivity index (χ0v) is 12.0. The molecule has 0 aromatic rings. The first kappa shape index (κ1) is 14.3. The Kier molecular flexibility index (Phi) is 4.16. The Hall–Kier alpha value is -1.07. The lowest BCUT2D eigenvalue weighted by Crippen LogP contribution is -2.40. The van der Waals surface area contributed by atoms with Crippen LogP contribution in [0, 0.1) is 0 Å². The van der Waals surface area contributed by atoms with Gasteiger partial charge >= 0.3 is 5.97 Å². The Morgan fingerprint density at radius 3 is 2.74 bits per heavy atom. The molecule has 0 aliphatic carbocycles. The Balaban J connectivity index is 2.08. The molecule has 108 valence electrons. The summed E-state index contributed by atoms with van der Waals surface area (Å²) in [5.74, 6) is -0.786. The maximum absolute atomic E-state index is 11.7. The van der Waals surface area contributed by atoms with Gasteiger partial charge in [0.05, 0.1) is 13.2 Å². The molecule has 5 nitrogen and oxygen atoms in total. The summed E-state index contributed by atoms with van der Waals surface area (Å²) in [6.45, 7) is 5.87. The van der Waals surface area contributed by atoms with Crippen LogP contribution >= 0.6 is 0 Å². The summed E-state index contributed by atoms with van der Waals surface area (Å²) in [5.41, 5.74) is 0. The van der Waals surface area contributed by atoms with Crippen LogP contribution in [0.1, 0.15) is 40.0 Å². The van der Waals surface area contributed by atoms with E-state index in [1.165, 1.54) is 7.11 Å². The summed E-state index contributed by atoms with van der Waals surface area (Å²) in [5, 5.41) is 0. The molecule has 2 rings (SSSR count). The van der Waals surface area contributed by atoms with E-state index in [1.807, 2.05) is 13.8 Å². The van der Waals surface area contributed by atoms with E-state index in [0.717, 1.165) is 12.8 Å². The topological polar surface area (TPSA) is 54.0 Å². The molecule has 2 heterocycles. The highest BCUT2D eigenvalue weighted by atomic mass is 16.8. The van der Waals surface area contributed by atoms with Gasteiger partial charge in [-0.2, -0.15) is 0 Å². The highest BCUT2D eigenvalue weighted by Crippen LogP contribution is 2.35. The number of ether oxygens (including phenoxy) is 4. The number of cyclic esters (lactones) is 1. The fourth-order valence-corrected chi connectivity index (χ4v) is 2.60. The third kappa shape index (κ3) is 3.09. The van der Waals surface area contributed by atoms with Gasteiger partial charge in [0.25, 0.3) is 0 Å². The molecule has 3 atom stereocenters. The zero-order chi connectivity index (χ0) is 14.0. The summed E-state index contributed by atoms with van der Waals surface area (Å²) < 4.78 is 22.1. The average Bonchev–Trinajstić information content (AvgIpc) is 2.65. The largest absolute Gasteiger partial charge is 0.490 e. The first-order chi connectivity index (χ1) is 8.96. The van der Waals surface area contributed by atoms with Gasteiger partial charge in [0.15, 0.2) is 11.5 Å². The minimum Gasteiger partial charge on any atom is -0.490 e. The predicted molar refractivity (Wildman–Crippen MR) is 68.3 cm³/mol. The van der Waals surface area contributed by atoms with Crippen molar-refractivity contribution < 1.29 is 23.7 Å². The van der Waals surface area contributed by atoms with Crippen LogP contribution in [0.2, 0.25) is 0 Å². The average molecular weight is 270 g/mol. The minimum atomic E-state index is -0.623. The smallest absolute Gasteiger partial charge is 0.373 e. The molecule has 5 heteroatoms. The molecular formula is C14H22O5. The molecule has 1 fully saturated rings. The zero-order valence-electron chi connectivity index (χ0n) is 12.0. The summed E-state index contributed by atoms with van der Waals surface area (Å²) in [6.07, 6.45) is 3.70. The third-order valence-electron chi connectivity index (χ3n) is 3.38. The molecule has 0 radical (unpaired) electrons. The molecule has 0 saturated carbocycles. The Morgan fingerprint density at radius 1 is 1.42 bits per heavy atom. The Labute approximate surface area is 113 Å². The maximum Gasteiger partial charge on any atom is 0.373 e. The van der Waals surface area contributed by atoms with Gasteiger partial charge in [-0.3, -0.25) is 0 Å². The predicted octanol–water partition coefficient (Wildman–Crippen LogP) is 2.15. The van der Waals surface area contributed by atoms with E-state index in [1.54, 1.807) is 6.08 Å². The highest BCUT2D eigenvalue weighted by molar-refractivity contribution is 5.87. The standard InChI is InChI=1S/C14H22O5/c1-5-6-10-12(19-14(2,3)18-10)9-7-8-11(16-4)13(15)17-9/h8-10,12H,5-7H2,1-4H3/t9-,10+,12+/m0/s1. The lowest BCUT2D eigenvalue weighted by molar-refractivity contribution is -0.171. The van der Waals surface area contributed by atoms with Gasteiger partial charge in [-0.1, -0.05) is 13.3 Å². The normalized spacial score (nSPS) is 33.8. The van der Waals surface area contributed by atoms with Gasteiger partial charge in [0.1, 0.15) is 12.2 Å². The van der Waals surface area contributed by atoms with Gasteiger partial charge < -0.3 is 18.9 Å². The number of esters is 1. The van der Waals surface area contributed by atoms with Gasteiger partial charge in [-0.25, -0.2) is 4.79 Å². The SMILES string of the molecule is CCC[C@H]1OC(C)(C)O[C@@H]1[C@@H]1CC=C(OC)C(=O)O1. The molecule has 0 bridgehead atoms. The van der Waals surface area contributed by atoms with Crippen LogP contribution in [0.3, 0.4) is 0 Å². The second-order valence-electron chi connectivity index (χ2n) is 5.38. The van der Waals surface area contributed by atoms with Crippen molar-refractivity contribution in [3.8, 4) is 0 Å². The molecule has 0 amide bonds. The van der Waals surface area contributed by atoms with Crippen LogP contribution in [-0.2, 0) is 23.7 Å². The number of methoxy groups -OCH3 is 1. The second kappa shape index (κ2) is 5.51. The minimum absolute atomic E-state index is 0.0321. The summed E-state index contributed by atoms with van der Waals surface area (Å²) in [4.78, 5) is 11.7. The van der Waals surface area contributed by atoms with E-state index < -0.39 is 11.8 Å². The van der Waals surface area contributed by atoms with Crippen LogP contribution < -0.4 is 0 Å². The van der Waals surface area contributed by atoms with Crippen molar-refractivity contribution in [2.24, 2.45) is 0 Å². The van der Waals surface area contributed by atoms with Crippen molar-refractivity contribution in [3.63, 3.8) is 0 Å². The Bertz CT molecular complexity index is 374. The van der Waals surface area contributed by atoms with Crippen LogP contribution in [0.15, 0.2) is 11.8 Å². The Morgan fingerprint density at radius 2 is 2.16 bits per heavy atom. The van der Waals surface area contributed by atoms with Crippen molar-refractivity contribution in [1.29, 1.82) is 0 Å². The first-order valence-corrected chi connectivity index (χ1v) is 6.77. The van der Waals surface area contributed by atoms with E-state index in [-0.39, 0.29) is 24.1 Å². The molecule has 0 aromatic heterocycles. The van der Waals surface area contributed by atoms with E-state index in [2.05, 4.69) is 6.92 Å². The molecule has 19 heavy (non-hydrogen) atoms. The number of carbonyl (C=O) groups is 1. The van der Waals surface area contributed by atoms with Gasteiger partial charge in [0, 0.05) is 6.42 Å². The molecular weight excluding hydrogens is 248 g/mol. The number of hydrogen-bond acceptors (Lipinski definition) is 5. The lowest BCUT2D eigenvalue weighted by Gasteiger charge is -2.28. The van der Waals surface area contributed by atoms with Crippen molar-refractivity contribution >= 4 is 5.97 Å². The van der Waals surface area contributed by atoms with Gasteiger partial charge in [-0.15, -0.1) is 0 Å². The quantitative estimate of drug-likeness (QED) is 0.733. The monoisotopic (exact) mass is 270 g/mol. The number of rotatable bonds is 4. The fourth-order valence-electron chi connectivity index (χ4n) is 2.60. The number of hydrogen-bond donors (Lipinski definition) is 0. The molecule has 0 N–H and O–H groups in total. The van der Waals surface area contributed by atoms with Crippen molar-refractivity contribution in [2.45, 2.75) is 64.1 Å². The van der Waals surface area contributed by atoms with Crippen LogP contribution in [0.4, 0.5) is 0 Å². The molecule has 2 aliphatic heterocycles. The van der Waals surface area contributed by atoms with E-state index in [9.17, 15) is 4.79 Å². The van der Waals surface area contributed by atoms with Crippen LogP contribution in [0.25, 0.3) is 0 Å². The molecule has 0 unspecified atom stereocenters. The third-order valence-corrected chi connectivity index (χ3v) is 3.38. The van der Waals surface area contributed by atoms with Crippen molar-refractivity contribution in [1.82, 2.24) is 0 Å². The molecule has 2 aliphatic rings. The van der Waals surface area contributed by atoms with Crippen molar-refractivity contribution in [2.75, 3.05) is 7.11 Å². The van der Waals surface area contributed by atoms with E-state index in [4.69, 9.17) is 18.9 Å². The fraction of sp³-hybridized carbons (Fsp3) is 0.786. The van der Waals surface area contributed by atoms with Gasteiger partial charge in [-0.05, 0) is 26.3 Å². The summed E-state index contributed by atoms with van der Waals surface area (Å²) >= 11 is 0. The number of carbonyl (C=O) groups excluding carboxylic acids is 1. The summed E-state index contributed by atoms with van der Waals surface area (Å²) in [6, 6.07) is 0. The van der Waals surface area contributed by atoms with E-state index in [0.29, 0.717) is 6.42 Å².